The predicted molar refractivity (Wildman–Crippen MR) is 83.2 cm³/mol. The van der Waals surface area contributed by atoms with Crippen LogP contribution in [0.5, 0.6) is 0 Å². The molecule has 2 atom stereocenters. The molecule has 0 aromatic carbocycles. The Bertz CT molecular complexity index is 741. The number of halogens is 3. The average Bonchev–Trinajstić information content (AvgIpc) is 2.99. The lowest BCUT2D eigenvalue weighted by Crippen LogP contribution is -2.48. The smallest absolute Gasteiger partial charge is 0.346 e. The van der Waals surface area contributed by atoms with Gasteiger partial charge in [-0.15, -0.1) is 0 Å². The summed E-state index contributed by atoms with van der Waals surface area (Å²) >= 11 is 0. The molecule has 0 radical (unpaired) electrons. The Labute approximate surface area is 142 Å². The van der Waals surface area contributed by atoms with Crippen LogP contribution < -0.4 is 10.6 Å². The number of carbonyl (C=O) groups is 1. The summed E-state index contributed by atoms with van der Waals surface area (Å²) < 4.78 is 39.4. The molecule has 9 heteroatoms. The van der Waals surface area contributed by atoms with Crippen LogP contribution in [0.15, 0.2) is 30.6 Å². The van der Waals surface area contributed by atoms with Crippen LogP contribution in [-0.2, 0) is 24.6 Å². The third kappa shape index (κ3) is 3.98. The van der Waals surface area contributed by atoms with Gasteiger partial charge in [-0.3, -0.25) is 14.5 Å². The van der Waals surface area contributed by atoms with Crippen molar-refractivity contribution in [3.63, 3.8) is 0 Å². The highest BCUT2D eigenvalue weighted by Gasteiger charge is 2.33. The van der Waals surface area contributed by atoms with E-state index in [0.29, 0.717) is 24.9 Å². The van der Waals surface area contributed by atoms with Gasteiger partial charge in [0.2, 0.25) is 5.91 Å². The Hall–Kier alpha value is -2.42. The van der Waals surface area contributed by atoms with E-state index in [9.17, 15) is 18.0 Å². The van der Waals surface area contributed by atoms with Crippen molar-refractivity contribution in [3.05, 3.63) is 47.5 Å². The van der Waals surface area contributed by atoms with Crippen LogP contribution >= 0.6 is 0 Å². The lowest BCUT2D eigenvalue weighted by molar-refractivity contribution is -0.141. The molecular weight excluding hydrogens is 335 g/mol. The third-order valence-corrected chi connectivity index (χ3v) is 4.26. The Morgan fingerprint density at radius 3 is 2.76 bits per heavy atom. The van der Waals surface area contributed by atoms with Crippen LogP contribution in [-0.4, -0.2) is 26.7 Å². The summed E-state index contributed by atoms with van der Waals surface area (Å²) in [6.07, 6.45) is -0.527. The molecule has 6 nitrogen and oxygen atoms in total. The number of nitrogens with zero attached hydrogens (tertiary/aromatic N) is 3. The molecule has 1 aliphatic rings. The van der Waals surface area contributed by atoms with Crippen LogP contribution in [0.4, 0.5) is 13.2 Å². The van der Waals surface area contributed by atoms with E-state index in [1.54, 1.807) is 17.9 Å². The van der Waals surface area contributed by atoms with Crippen LogP contribution in [0.3, 0.4) is 0 Å². The first-order valence-corrected chi connectivity index (χ1v) is 7.87. The minimum Gasteiger partial charge on any atom is -0.346 e. The summed E-state index contributed by atoms with van der Waals surface area (Å²) in [5.74, 6) is -0.0274. The molecule has 0 aliphatic carbocycles. The second-order valence-electron chi connectivity index (χ2n) is 6.00. The van der Waals surface area contributed by atoms with Crippen LogP contribution in [0.25, 0.3) is 0 Å². The van der Waals surface area contributed by atoms with Gasteiger partial charge in [0.05, 0.1) is 11.7 Å². The molecule has 134 valence electrons. The maximum Gasteiger partial charge on any atom is 0.433 e. The van der Waals surface area contributed by atoms with E-state index in [-0.39, 0.29) is 18.0 Å². The van der Waals surface area contributed by atoms with Crippen molar-refractivity contribution in [3.8, 4) is 0 Å². The van der Waals surface area contributed by atoms with Crippen molar-refractivity contribution in [1.29, 1.82) is 0 Å². The second kappa shape index (κ2) is 6.83. The van der Waals surface area contributed by atoms with Crippen molar-refractivity contribution in [1.82, 2.24) is 25.4 Å². The predicted octanol–water partition coefficient (Wildman–Crippen LogP) is 1.94. The quantitative estimate of drug-likeness (QED) is 0.881. The van der Waals surface area contributed by atoms with E-state index in [0.717, 1.165) is 11.8 Å². The number of carbonyl (C=O) groups excluding carboxylic acids is 1. The lowest BCUT2D eigenvalue weighted by atomic mass is 9.95. The number of pyridine rings is 1. The molecule has 1 aliphatic heterocycles. The van der Waals surface area contributed by atoms with Gasteiger partial charge in [-0.2, -0.15) is 18.3 Å². The van der Waals surface area contributed by atoms with Gasteiger partial charge < -0.3 is 10.6 Å². The number of rotatable bonds is 4. The molecule has 0 bridgehead atoms. The zero-order valence-corrected chi connectivity index (χ0v) is 13.5. The van der Waals surface area contributed by atoms with Gasteiger partial charge in [-0.1, -0.05) is 6.07 Å². The van der Waals surface area contributed by atoms with Crippen molar-refractivity contribution < 1.29 is 18.0 Å². The minimum atomic E-state index is -4.44. The monoisotopic (exact) mass is 353 g/mol. The first-order valence-electron chi connectivity index (χ1n) is 7.87. The molecule has 25 heavy (non-hydrogen) atoms. The fourth-order valence-electron chi connectivity index (χ4n) is 2.93. The maximum absolute atomic E-state index is 12.6. The average molecular weight is 353 g/mol. The molecule has 0 spiro atoms. The first-order chi connectivity index (χ1) is 11.8. The molecule has 2 aromatic heterocycles. The van der Waals surface area contributed by atoms with Crippen molar-refractivity contribution in [2.24, 2.45) is 7.05 Å². The van der Waals surface area contributed by atoms with E-state index in [2.05, 4.69) is 20.7 Å². The lowest BCUT2D eigenvalue weighted by Gasteiger charge is -2.33. The molecule has 0 saturated carbocycles. The molecular formula is C16H18F3N5O. The number of hydrogen-bond donors (Lipinski definition) is 2. The Balaban J connectivity index is 1.68. The van der Waals surface area contributed by atoms with Crippen LogP contribution in [0.2, 0.25) is 0 Å². The van der Waals surface area contributed by atoms with Gasteiger partial charge in [-0.25, -0.2) is 0 Å². The van der Waals surface area contributed by atoms with Gasteiger partial charge >= 0.3 is 6.18 Å². The number of piperidine rings is 1. The van der Waals surface area contributed by atoms with Gasteiger partial charge in [0.1, 0.15) is 5.69 Å². The van der Waals surface area contributed by atoms with Gasteiger partial charge in [0.15, 0.2) is 0 Å². The van der Waals surface area contributed by atoms with Crippen molar-refractivity contribution >= 4 is 5.91 Å². The first kappa shape index (κ1) is 17.4. The highest BCUT2D eigenvalue weighted by molar-refractivity contribution is 5.77. The number of nitrogens with one attached hydrogen (secondary N) is 2. The molecule has 0 unspecified atom stereocenters. The SMILES string of the molecule is Cn1nccc1[C@@H]1NC(=O)CC[C@H]1NCc1ccc(C(F)(F)F)nc1. The summed E-state index contributed by atoms with van der Waals surface area (Å²) in [5, 5.41) is 10.4. The van der Waals surface area contributed by atoms with E-state index in [1.807, 2.05) is 6.07 Å². The third-order valence-electron chi connectivity index (χ3n) is 4.26. The molecule has 1 amide bonds. The zero-order valence-electron chi connectivity index (χ0n) is 13.5. The van der Waals surface area contributed by atoms with Crippen LogP contribution in [0, 0.1) is 0 Å². The molecule has 3 heterocycles. The summed E-state index contributed by atoms with van der Waals surface area (Å²) in [4.78, 5) is 15.2. The summed E-state index contributed by atoms with van der Waals surface area (Å²) in [5.41, 5.74) is 0.610. The van der Waals surface area contributed by atoms with Gasteiger partial charge in [0, 0.05) is 38.4 Å². The fraction of sp³-hybridized carbons (Fsp3) is 0.438. The second-order valence-corrected chi connectivity index (χ2v) is 6.00. The summed E-state index contributed by atoms with van der Waals surface area (Å²) in [7, 11) is 1.80. The topological polar surface area (TPSA) is 71.8 Å². The highest BCUT2D eigenvalue weighted by Crippen LogP contribution is 2.27. The van der Waals surface area contributed by atoms with Crippen molar-refractivity contribution in [2.75, 3.05) is 0 Å². The number of aryl methyl sites for hydroxylation is 1. The number of alkyl halides is 3. The maximum atomic E-state index is 12.6. The van der Waals surface area contributed by atoms with Crippen LogP contribution in [0.1, 0.15) is 35.8 Å². The number of amides is 1. The highest BCUT2D eigenvalue weighted by atomic mass is 19.4. The summed E-state index contributed by atoms with van der Waals surface area (Å²) in [6, 6.07) is 3.93. The van der Waals surface area contributed by atoms with E-state index < -0.39 is 11.9 Å². The molecule has 3 rings (SSSR count). The van der Waals surface area contributed by atoms with Gasteiger partial charge in [-0.05, 0) is 24.1 Å². The molecule has 2 aromatic rings. The Kier molecular flexibility index (Phi) is 4.76. The number of aromatic nitrogens is 3. The minimum absolute atomic E-state index is 0.0274. The van der Waals surface area contributed by atoms with Gasteiger partial charge in [0.25, 0.3) is 0 Å². The molecule has 2 N–H and O–H groups in total. The number of hydrogen-bond acceptors (Lipinski definition) is 4. The Morgan fingerprint density at radius 2 is 2.16 bits per heavy atom. The standard InChI is InChI=1S/C16H18F3N5O/c1-24-12(6-7-22-24)15-11(3-5-14(25)23-15)20-8-10-2-4-13(21-9-10)16(17,18)19/h2,4,6-7,9,11,15,20H,3,5,8H2,1H3,(H,23,25)/t11-,15-/m1/s1. The fourth-order valence-corrected chi connectivity index (χ4v) is 2.93. The summed E-state index contributed by atoms with van der Waals surface area (Å²) in [6.45, 7) is 0.361. The largest absolute Gasteiger partial charge is 0.433 e. The van der Waals surface area contributed by atoms with E-state index >= 15 is 0 Å². The molecule has 1 saturated heterocycles. The Morgan fingerprint density at radius 1 is 1.36 bits per heavy atom. The molecule has 1 fully saturated rings. The normalized spacial score (nSPS) is 21.2. The van der Waals surface area contributed by atoms with E-state index in [4.69, 9.17) is 0 Å². The van der Waals surface area contributed by atoms with Crippen molar-refractivity contribution in [2.45, 2.75) is 37.6 Å². The van der Waals surface area contributed by atoms with E-state index in [1.165, 1.54) is 12.3 Å². The zero-order chi connectivity index (χ0) is 18.0.